The number of hydrogen-bond donors (Lipinski definition) is 2. The van der Waals surface area contributed by atoms with Crippen LogP contribution in [0.25, 0.3) is 0 Å². The summed E-state index contributed by atoms with van der Waals surface area (Å²) in [5, 5.41) is 21.6. The molecule has 1 heterocycles. The van der Waals surface area contributed by atoms with E-state index in [0.717, 1.165) is 0 Å². The molecule has 102 valence electrons. The van der Waals surface area contributed by atoms with Crippen molar-refractivity contribution in [3.05, 3.63) is 11.8 Å². The monoisotopic (exact) mass is 260 g/mol. The molecule has 0 aliphatic rings. The first kappa shape index (κ1) is 17.1. The summed E-state index contributed by atoms with van der Waals surface area (Å²) in [6.45, 7) is 5.33. The molecule has 0 saturated carbocycles. The molecule has 4 nitrogen and oxygen atoms in total. The van der Waals surface area contributed by atoms with Crippen LogP contribution in [0.15, 0.2) is 6.20 Å². The fourth-order valence-corrected chi connectivity index (χ4v) is 0.597. The normalized spacial score (nSPS) is 12.3. The Labute approximate surface area is 107 Å². The lowest BCUT2D eigenvalue weighted by Crippen LogP contribution is -2.44. The Morgan fingerprint density at radius 2 is 1.61 bits per heavy atom. The van der Waals surface area contributed by atoms with Crippen molar-refractivity contribution in [2.45, 2.75) is 52.4 Å². The molecule has 2 N–H and O–H groups in total. The molecule has 1 aromatic heterocycles. The summed E-state index contributed by atoms with van der Waals surface area (Å²) in [6, 6.07) is 0. The van der Waals surface area contributed by atoms with Crippen LogP contribution < -0.4 is 5.59 Å². The van der Waals surface area contributed by atoms with E-state index in [4.69, 9.17) is 18.1 Å². The quantitative estimate of drug-likeness (QED) is 0.777. The Bertz CT molecular complexity index is 350. The summed E-state index contributed by atoms with van der Waals surface area (Å²) in [5.74, 6) is 0. The molecule has 0 aliphatic carbocycles. The highest BCUT2D eigenvalue weighted by molar-refractivity contribution is 6.31. The zero-order valence-electron chi connectivity index (χ0n) is 11.3. The van der Waals surface area contributed by atoms with Crippen molar-refractivity contribution < 1.29 is 19.0 Å². The molecule has 7 heteroatoms. The lowest BCUT2D eigenvalue weighted by atomic mass is 9.90. The smallest absolute Gasteiger partial charge is 0.333 e. The van der Waals surface area contributed by atoms with Crippen molar-refractivity contribution in [2.24, 2.45) is 0 Å². The lowest BCUT2D eigenvalue weighted by Gasteiger charge is -2.31. The average molecular weight is 260 g/mol. The minimum atomic E-state index is -2.60. The number of aromatic nitrogens is 2. The van der Waals surface area contributed by atoms with Gasteiger partial charge in [-0.05, 0) is 40.2 Å². The van der Waals surface area contributed by atoms with Crippen LogP contribution in [0.2, 0.25) is 0 Å². The second kappa shape index (κ2) is 5.80. The van der Waals surface area contributed by atoms with Crippen LogP contribution in [-0.2, 0) is 0 Å². The molecule has 0 atom stereocenters. The van der Waals surface area contributed by atoms with Crippen molar-refractivity contribution >= 4 is 13.4 Å². The van der Waals surface area contributed by atoms with Crippen molar-refractivity contribution in [1.82, 2.24) is 9.78 Å². The van der Waals surface area contributed by atoms with Gasteiger partial charge in [-0.2, -0.15) is 13.9 Å². The molecule has 18 heavy (non-hydrogen) atoms. The van der Waals surface area contributed by atoms with Crippen molar-refractivity contribution in [3.8, 4) is 0 Å². The molecule has 1 aromatic rings. The minimum absolute atomic E-state index is 0.153. The molecule has 2 radical (unpaired) electrons. The van der Waals surface area contributed by atoms with Crippen LogP contribution >= 0.6 is 0 Å². The number of nitrogens with zero attached hydrogens (tertiary/aromatic N) is 2. The second-order valence-corrected chi connectivity index (χ2v) is 5.07. The van der Waals surface area contributed by atoms with E-state index in [0.29, 0.717) is 10.2 Å². The van der Waals surface area contributed by atoms with Crippen LogP contribution in [-0.4, -0.2) is 39.0 Å². The van der Waals surface area contributed by atoms with Crippen LogP contribution in [0.3, 0.4) is 0 Å². The minimum Gasteiger partial charge on any atom is -0.387 e. The third-order valence-corrected chi connectivity index (χ3v) is 2.65. The van der Waals surface area contributed by atoms with Gasteiger partial charge in [0.1, 0.15) is 7.85 Å². The van der Waals surface area contributed by atoms with Gasteiger partial charge in [-0.3, -0.25) is 0 Å². The molecular weight excluding hydrogens is 241 g/mol. The van der Waals surface area contributed by atoms with E-state index < -0.39 is 17.8 Å². The highest BCUT2D eigenvalue weighted by atomic mass is 19.3. The van der Waals surface area contributed by atoms with Gasteiger partial charge in [-0.1, -0.05) is 0 Å². The van der Waals surface area contributed by atoms with Crippen LogP contribution in [0.1, 0.15) is 39.8 Å². The van der Waals surface area contributed by atoms with E-state index in [2.05, 4.69) is 5.10 Å². The predicted octanol–water partition coefficient (Wildman–Crippen LogP) is 0.909. The maximum Gasteiger partial charge on any atom is 0.333 e. The standard InChI is InChI=1S/C6H14O2.C5H5BF2N2/c1-5(2,7)6(3,4)8;1-3-2-10(5(7)8)9-4(3)6/h7-8H,1-4H3;2,5H,1H3. The van der Waals surface area contributed by atoms with Crippen LogP contribution in [0.5, 0.6) is 0 Å². The third kappa shape index (κ3) is 5.14. The van der Waals surface area contributed by atoms with Gasteiger partial charge in [-0.15, -0.1) is 0 Å². The molecule has 0 bridgehead atoms. The summed E-state index contributed by atoms with van der Waals surface area (Å²) in [6.07, 6.45) is 1.21. The molecule has 0 aliphatic heterocycles. The molecule has 0 unspecified atom stereocenters. The molecule has 0 aromatic carbocycles. The molecule has 0 amide bonds. The molecule has 0 saturated heterocycles. The van der Waals surface area contributed by atoms with E-state index in [1.807, 2.05) is 0 Å². The van der Waals surface area contributed by atoms with Crippen molar-refractivity contribution in [1.29, 1.82) is 0 Å². The summed E-state index contributed by atoms with van der Waals surface area (Å²) >= 11 is 0. The zero-order valence-corrected chi connectivity index (χ0v) is 11.3. The van der Waals surface area contributed by atoms with Gasteiger partial charge < -0.3 is 10.2 Å². The maximum absolute atomic E-state index is 11.8. The Hall–Kier alpha value is -0.945. The first-order valence-corrected chi connectivity index (χ1v) is 5.40. The summed E-state index contributed by atoms with van der Waals surface area (Å²) in [5.41, 5.74) is -1.29. The van der Waals surface area contributed by atoms with Gasteiger partial charge in [0.2, 0.25) is 0 Å². The van der Waals surface area contributed by atoms with Gasteiger partial charge >= 0.3 is 6.55 Å². The Morgan fingerprint density at radius 1 is 1.22 bits per heavy atom. The number of alkyl halides is 2. The molecule has 1 rings (SSSR count). The van der Waals surface area contributed by atoms with Gasteiger partial charge in [0, 0.05) is 11.8 Å². The largest absolute Gasteiger partial charge is 0.387 e. The number of halogens is 2. The summed E-state index contributed by atoms with van der Waals surface area (Å²) < 4.78 is 24.1. The average Bonchev–Trinajstić information content (AvgIpc) is 2.44. The fraction of sp³-hybridized carbons (Fsp3) is 0.727. The Kier molecular flexibility index (Phi) is 5.49. The summed E-state index contributed by atoms with van der Waals surface area (Å²) in [7, 11) is 5.21. The highest BCUT2D eigenvalue weighted by Crippen LogP contribution is 2.19. The van der Waals surface area contributed by atoms with E-state index in [9.17, 15) is 8.78 Å². The van der Waals surface area contributed by atoms with E-state index in [1.165, 1.54) is 6.20 Å². The number of aryl methyl sites for hydroxylation is 1. The lowest BCUT2D eigenvalue weighted by molar-refractivity contribution is -0.107. The number of hydrogen-bond acceptors (Lipinski definition) is 3. The van der Waals surface area contributed by atoms with Gasteiger partial charge in [0.25, 0.3) is 0 Å². The van der Waals surface area contributed by atoms with Gasteiger partial charge in [0.05, 0.1) is 11.2 Å². The first-order chi connectivity index (χ1) is 7.86. The van der Waals surface area contributed by atoms with E-state index >= 15 is 0 Å². The third-order valence-electron chi connectivity index (χ3n) is 2.65. The Morgan fingerprint density at radius 3 is 1.72 bits per heavy atom. The SMILES string of the molecule is CC(C)(O)C(C)(C)O.[B]c1nn(C(F)F)cc1C. The molecule has 0 fully saturated rings. The maximum atomic E-state index is 11.8. The first-order valence-electron chi connectivity index (χ1n) is 5.40. The van der Waals surface area contributed by atoms with Gasteiger partial charge in [0.15, 0.2) is 0 Å². The summed E-state index contributed by atoms with van der Waals surface area (Å²) in [4.78, 5) is 0. The Balaban J connectivity index is 0.000000331. The zero-order chi connectivity index (χ0) is 14.7. The van der Waals surface area contributed by atoms with E-state index in [-0.39, 0.29) is 5.59 Å². The topological polar surface area (TPSA) is 58.3 Å². The van der Waals surface area contributed by atoms with Crippen LogP contribution in [0.4, 0.5) is 8.78 Å². The fourth-order valence-electron chi connectivity index (χ4n) is 0.597. The van der Waals surface area contributed by atoms with E-state index in [1.54, 1.807) is 34.6 Å². The highest BCUT2D eigenvalue weighted by Gasteiger charge is 2.31. The molecule has 0 spiro atoms. The number of aliphatic hydroxyl groups is 2. The second-order valence-electron chi connectivity index (χ2n) is 5.07. The predicted molar refractivity (Wildman–Crippen MR) is 66.2 cm³/mol. The van der Waals surface area contributed by atoms with Crippen molar-refractivity contribution in [2.75, 3.05) is 0 Å². The number of rotatable bonds is 2. The van der Waals surface area contributed by atoms with Crippen molar-refractivity contribution in [3.63, 3.8) is 0 Å². The van der Waals surface area contributed by atoms with Gasteiger partial charge in [-0.25, -0.2) is 4.68 Å². The van der Waals surface area contributed by atoms with Crippen LogP contribution in [0, 0.1) is 6.92 Å². The molecular formula is C11H19BF2N2O2.